The van der Waals surface area contributed by atoms with Crippen LogP contribution in [-0.4, -0.2) is 41.2 Å². The first kappa shape index (κ1) is 29.9. The molecule has 2 aliphatic rings. The lowest BCUT2D eigenvalue weighted by molar-refractivity contribution is -0.240. The van der Waals surface area contributed by atoms with Gasteiger partial charge in [-0.25, -0.2) is 0 Å². The van der Waals surface area contributed by atoms with Gasteiger partial charge in [0.05, 0.1) is 44.2 Å². The van der Waals surface area contributed by atoms with E-state index in [-0.39, 0.29) is 17.8 Å². The topological polar surface area (TPSA) is 68.2 Å². The first-order chi connectivity index (χ1) is 21.0. The lowest BCUT2D eigenvalue weighted by Crippen LogP contribution is -2.64. The number of hydrogen-bond acceptors (Lipinski definition) is 5. The van der Waals surface area contributed by atoms with E-state index in [4.69, 9.17) is 25.8 Å². The molecular formula is C37H39ClO5. The number of rotatable bonds is 11. The van der Waals surface area contributed by atoms with Crippen molar-refractivity contribution in [2.24, 2.45) is 11.8 Å². The summed E-state index contributed by atoms with van der Waals surface area (Å²) < 4.78 is 18.9. The highest BCUT2D eigenvalue weighted by molar-refractivity contribution is 6.31. The average Bonchev–Trinajstić information content (AvgIpc) is 3.03. The standard InChI is InChI=1S/C37H39ClO5/c1-2-41-29-16-13-24(14-17-29)19-28-20-27(15-18-31(28)38)33-35(40)30-21-32(39)34(30)37(43-23-26-11-7-4-8-12-26)36(33)42-22-25-9-5-3-6-10-25/h3-18,20,30,32-37,39-40H,2,19,21-23H2,1H3/t30-,32?,33-,34?,35?,36-,37+/m0/s1. The molecule has 0 spiro atoms. The summed E-state index contributed by atoms with van der Waals surface area (Å²) >= 11 is 6.73. The molecule has 2 N–H and O–H groups in total. The Morgan fingerprint density at radius 2 is 1.37 bits per heavy atom. The van der Waals surface area contributed by atoms with E-state index < -0.39 is 24.4 Å². The Labute approximate surface area is 259 Å². The van der Waals surface area contributed by atoms with Crippen molar-refractivity contribution in [3.63, 3.8) is 0 Å². The quantitative estimate of drug-likeness (QED) is 0.195. The Bertz CT molecular complexity index is 1460. The van der Waals surface area contributed by atoms with Gasteiger partial charge in [-0.15, -0.1) is 0 Å². The van der Waals surface area contributed by atoms with Crippen molar-refractivity contribution in [2.45, 2.75) is 63.3 Å². The van der Waals surface area contributed by atoms with Gasteiger partial charge in [-0.05, 0) is 71.7 Å². The van der Waals surface area contributed by atoms with Gasteiger partial charge in [0.25, 0.3) is 0 Å². The van der Waals surface area contributed by atoms with Crippen LogP contribution in [0.15, 0.2) is 103 Å². The van der Waals surface area contributed by atoms with E-state index >= 15 is 0 Å². The molecule has 0 radical (unpaired) electrons. The first-order valence-corrected chi connectivity index (χ1v) is 15.6. The third-order valence-corrected chi connectivity index (χ3v) is 9.34. The molecule has 0 saturated heterocycles. The van der Waals surface area contributed by atoms with Gasteiger partial charge in [0.2, 0.25) is 0 Å². The fourth-order valence-electron chi connectivity index (χ4n) is 6.75. The molecule has 3 unspecified atom stereocenters. The molecule has 0 amide bonds. The molecule has 6 rings (SSSR count). The number of benzene rings is 4. The van der Waals surface area contributed by atoms with E-state index in [2.05, 4.69) is 18.2 Å². The molecule has 224 valence electrons. The molecule has 0 heterocycles. The third kappa shape index (κ3) is 6.67. The molecule has 4 aromatic carbocycles. The number of hydrogen-bond donors (Lipinski definition) is 2. The average molecular weight is 599 g/mol. The Kier molecular flexibility index (Phi) is 9.46. The van der Waals surface area contributed by atoms with Gasteiger partial charge in [-0.1, -0.05) is 96.5 Å². The van der Waals surface area contributed by atoms with Gasteiger partial charge >= 0.3 is 0 Å². The van der Waals surface area contributed by atoms with Crippen LogP contribution in [0.1, 0.15) is 47.1 Å². The second kappa shape index (κ2) is 13.6. The minimum atomic E-state index is -0.690. The van der Waals surface area contributed by atoms with Crippen LogP contribution in [0.4, 0.5) is 0 Å². The predicted molar refractivity (Wildman–Crippen MR) is 168 cm³/mol. The molecule has 2 saturated carbocycles. The van der Waals surface area contributed by atoms with Crippen molar-refractivity contribution in [1.29, 1.82) is 0 Å². The van der Waals surface area contributed by atoms with Crippen LogP contribution in [0, 0.1) is 11.8 Å². The lowest BCUT2D eigenvalue weighted by atomic mass is 9.56. The lowest BCUT2D eigenvalue weighted by Gasteiger charge is -2.57. The van der Waals surface area contributed by atoms with Crippen molar-refractivity contribution in [3.8, 4) is 5.75 Å². The van der Waals surface area contributed by atoms with Crippen LogP contribution < -0.4 is 4.74 Å². The molecule has 5 nitrogen and oxygen atoms in total. The Morgan fingerprint density at radius 1 is 0.744 bits per heavy atom. The molecule has 0 aromatic heterocycles. The Hall–Kier alpha value is -3.19. The molecule has 4 aromatic rings. The van der Waals surface area contributed by atoms with Gasteiger partial charge in [0.1, 0.15) is 5.75 Å². The van der Waals surface area contributed by atoms with E-state index in [0.29, 0.717) is 37.7 Å². The number of aliphatic hydroxyl groups is 2. The second-order valence-corrected chi connectivity index (χ2v) is 12.1. The van der Waals surface area contributed by atoms with E-state index in [9.17, 15) is 10.2 Å². The molecule has 2 fully saturated rings. The molecule has 6 heteroatoms. The monoisotopic (exact) mass is 598 g/mol. The minimum Gasteiger partial charge on any atom is -0.494 e. The van der Waals surface area contributed by atoms with Crippen LogP contribution in [0.2, 0.25) is 5.02 Å². The van der Waals surface area contributed by atoms with Crippen LogP contribution in [0.25, 0.3) is 0 Å². The van der Waals surface area contributed by atoms with Gasteiger partial charge in [0, 0.05) is 16.9 Å². The summed E-state index contributed by atoms with van der Waals surface area (Å²) in [5.41, 5.74) is 5.16. The summed E-state index contributed by atoms with van der Waals surface area (Å²) in [5.74, 6) is 0.206. The zero-order chi connectivity index (χ0) is 29.8. The zero-order valence-corrected chi connectivity index (χ0v) is 25.1. The summed E-state index contributed by atoms with van der Waals surface area (Å²) in [6, 6.07) is 34.2. The van der Waals surface area contributed by atoms with Crippen molar-refractivity contribution in [3.05, 3.63) is 136 Å². The van der Waals surface area contributed by atoms with Crippen LogP contribution in [0.5, 0.6) is 5.75 Å². The van der Waals surface area contributed by atoms with E-state index in [1.54, 1.807) is 0 Å². The largest absolute Gasteiger partial charge is 0.494 e. The minimum absolute atomic E-state index is 0.0809. The van der Waals surface area contributed by atoms with E-state index in [1.807, 2.05) is 91.9 Å². The highest BCUT2D eigenvalue weighted by atomic mass is 35.5. The summed E-state index contributed by atoms with van der Waals surface area (Å²) in [5, 5.41) is 23.4. The molecule has 2 aliphatic carbocycles. The van der Waals surface area contributed by atoms with E-state index in [0.717, 1.165) is 33.6 Å². The van der Waals surface area contributed by atoms with Crippen LogP contribution in [-0.2, 0) is 29.1 Å². The van der Waals surface area contributed by atoms with Crippen molar-refractivity contribution in [2.75, 3.05) is 6.61 Å². The predicted octanol–water partition coefficient (Wildman–Crippen LogP) is 6.96. The van der Waals surface area contributed by atoms with Crippen molar-refractivity contribution < 1.29 is 24.4 Å². The smallest absolute Gasteiger partial charge is 0.119 e. The fourth-order valence-corrected chi connectivity index (χ4v) is 6.93. The summed E-state index contributed by atoms with van der Waals surface area (Å²) in [4.78, 5) is 0. The number of halogens is 1. The van der Waals surface area contributed by atoms with Gasteiger partial charge in [-0.2, -0.15) is 0 Å². The number of fused-ring (bicyclic) bond motifs is 1. The fraction of sp³-hybridized carbons (Fsp3) is 0.351. The molecule has 7 atom stereocenters. The first-order valence-electron chi connectivity index (χ1n) is 15.2. The summed E-state index contributed by atoms with van der Waals surface area (Å²) in [7, 11) is 0. The summed E-state index contributed by atoms with van der Waals surface area (Å²) in [6.45, 7) is 3.37. The number of aliphatic hydroxyl groups excluding tert-OH is 2. The van der Waals surface area contributed by atoms with Gasteiger partial charge < -0.3 is 24.4 Å². The highest BCUT2D eigenvalue weighted by Gasteiger charge is 2.59. The maximum absolute atomic E-state index is 11.8. The van der Waals surface area contributed by atoms with Crippen molar-refractivity contribution >= 4 is 11.6 Å². The summed E-state index contributed by atoms with van der Waals surface area (Å²) in [6.07, 6.45) is -0.900. The molecule has 0 aliphatic heterocycles. The molecular weight excluding hydrogens is 560 g/mol. The van der Waals surface area contributed by atoms with E-state index in [1.165, 1.54) is 0 Å². The molecule has 0 bridgehead atoms. The van der Waals surface area contributed by atoms with Crippen LogP contribution >= 0.6 is 11.6 Å². The maximum atomic E-state index is 11.8. The van der Waals surface area contributed by atoms with Gasteiger partial charge in [-0.3, -0.25) is 0 Å². The van der Waals surface area contributed by atoms with Crippen LogP contribution in [0.3, 0.4) is 0 Å². The Morgan fingerprint density at radius 3 is 1.98 bits per heavy atom. The number of ether oxygens (including phenoxy) is 3. The Balaban J connectivity index is 1.32. The third-order valence-electron chi connectivity index (χ3n) is 8.97. The zero-order valence-electron chi connectivity index (χ0n) is 24.4. The molecule has 43 heavy (non-hydrogen) atoms. The SMILES string of the molecule is CCOc1ccc(Cc2cc([C@H]3C(O)[C@H]4CC(O)C4[C@@H](OCc4ccccc4)[C@H]3OCc3ccccc3)ccc2Cl)cc1. The maximum Gasteiger partial charge on any atom is 0.119 e. The normalized spacial score (nSPS) is 26.4. The van der Waals surface area contributed by atoms with Crippen molar-refractivity contribution in [1.82, 2.24) is 0 Å². The highest BCUT2D eigenvalue weighted by Crippen LogP contribution is 2.52. The second-order valence-electron chi connectivity index (χ2n) is 11.7. The van der Waals surface area contributed by atoms with Gasteiger partial charge in [0.15, 0.2) is 0 Å².